The highest BCUT2D eigenvalue weighted by Crippen LogP contribution is 2.35. The standard InChI is InChI=1S/C13H19NO3S/c1-16-5-6-18(15)12-7-9-3-4-10(17-2)8-11(9)13(12)14/h3-4,8,12-13H,5-7,14H2,1-2H3. The fourth-order valence-electron chi connectivity index (χ4n) is 2.31. The second-order valence-corrected chi connectivity index (χ2v) is 6.19. The molecule has 0 bridgehead atoms. The van der Waals surface area contributed by atoms with E-state index < -0.39 is 10.8 Å². The Morgan fingerprint density at radius 3 is 2.89 bits per heavy atom. The number of rotatable bonds is 5. The van der Waals surface area contributed by atoms with Gasteiger partial charge in [0.1, 0.15) is 5.75 Å². The molecule has 0 amide bonds. The Morgan fingerprint density at radius 1 is 1.44 bits per heavy atom. The molecule has 3 unspecified atom stereocenters. The van der Waals surface area contributed by atoms with Gasteiger partial charge in [-0.05, 0) is 29.7 Å². The monoisotopic (exact) mass is 269 g/mol. The molecule has 0 saturated carbocycles. The summed E-state index contributed by atoms with van der Waals surface area (Å²) in [6, 6.07) is 5.72. The van der Waals surface area contributed by atoms with E-state index in [1.807, 2.05) is 18.2 Å². The van der Waals surface area contributed by atoms with Crippen molar-refractivity contribution in [3.63, 3.8) is 0 Å². The molecule has 0 saturated heterocycles. The van der Waals surface area contributed by atoms with Crippen molar-refractivity contribution in [3.05, 3.63) is 29.3 Å². The van der Waals surface area contributed by atoms with Gasteiger partial charge in [0.15, 0.2) is 0 Å². The molecule has 2 rings (SSSR count). The Hall–Kier alpha value is -0.910. The van der Waals surface area contributed by atoms with Crippen LogP contribution in [0.1, 0.15) is 17.2 Å². The van der Waals surface area contributed by atoms with Crippen molar-refractivity contribution in [3.8, 4) is 5.75 Å². The van der Waals surface area contributed by atoms with Crippen LogP contribution in [-0.2, 0) is 22.0 Å². The second-order valence-electron chi connectivity index (χ2n) is 4.41. The number of ether oxygens (including phenoxy) is 2. The zero-order valence-corrected chi connectivity index (χ0v) is 11.5. The van der Waals surface area contributed by atoms with Crippen molar-refractivity contribution in [1.29, 1.82) is 0 Å². The van der Waals surface area contributed by atoms with Crippen molar-refractivity contribution >= 4 is 10.8 Å². The predicted molar refractivity (Wildman–Crippen MR) is 72.3 cm³/mol. The summed E-state index contributed by atoms with van der Waals surface area (Å²) in [5.74, 6) is 1.34. The van der Waals surface area contributed by atoms with Crippen molar-refractivity contribution in [2.75, 3.05) is 26.6 Å². The lowest BCUT2D eigenvalue weighted by Gasteiger charge is -2.15. The maximum atomic E-state index is 12.2. The molecule has 1 aliphatic carbocycles. The van der Waals surface area contributed by atoms with Crippen LogP contribution >= 0.6 is 0 Å². The number of hydrogen-bond acceptors (Lipinski definition) is 4. The summed E-state index contributed by atoms with van der Waals surface area (Å²) in [6.45, 7) is 0.509. The highest BCUT2D eigenvalue weighted by molar-refractivity contribution is 7.85. The second kappa shape index (κ2) is 5.82. The summed E-state index contributed by atoms with van der Waals surface area (Å²) in [5.41, 5.74) is 8.44. The van der Waals surface area contributed by atoms with E-state index in [1.54, 1.807) is 14.2 Å². The third-order valence-electron chi connectivity index (χ3n) is 3.36. The molecule has 100 valence electrons. The predicted octanol–water partition coefficient (Wildman–Crippen LogP) is 1.01. The lowest BCUT2D eigenvalue weighted by Crippen LogP contribution is -2.29. The van der Waals surface area contributed by atoms with E-state index in [0.29, 0.717) is 12.4 Å². The third kappa shape index (κ3) is 2.58. The van der Waals surface area contributed by atoms with Crippen LogP contribution in [0.4, 0.5) is 0 Å². The van der Waals surface area contributed by atoms with Gasteiger partial charge in [0.25, 0.3) is 0 Å². The molecule has 1 aromatic rings. The highest BCUT2D eigenvalue weighted by Gasteiger charge is 2.33. The molecule has 18 heavy (non-hydrogen) atoms. The Morgan fingerprint density at radius 2 is 2.22 bits per heavy atom. The van der Waals surface area contributed by atoms with Gasteiger partial charge in [-0.1, -0.05) is 6.07 Å². The van der Waals surface area contributed by atoms with Gasteiger partial charge in [-0.15, -0.1) is 0 Å². The fraction of sp³-hybridized carbons (Fsp3) is 0.538. The number of benzene rings is 1. The van der Waals surface area contributed by atoms with E-state index in [4.69, 9.17) is 15.2 Å². The SMILES string of the molecule is COCCS(=O)C1Cc2ccc(OC)cc2C1N. The van der Waals surface area contributed by atoms with Crippen LogP contribution < -0.4 is 10.5 Å². The number of nitrogens with two attached hydrogens (primary N) is 1. The van der Waals surface area contributed by atoms with Crippen LogP contribution in [0.25, 0.3) is 0 Å². The minimum absolute atomic E-state index is 0.0118. The van der Waals surface area contributed by atoms with Gasteiger partial charge in [-0.3, -0.25) is 4.21 Å². The van der Waals surface area contributed by atoms with E-state index in [0.717, 1.165) is 17.7 Å². The highest BCUT2D eigenvalue weighted by atomic mass is 32.2. The normalized spacial score (nSPS) is 23.7. The van der Waals surface area contributed by atoms with Crippen molar-refractivity contribution < 1.29 is 13.7 Å². The molecule has 2 N–H and O–H groups in total. The lowest BCUT2D eigenvalue weighted by molar-refractivity contribution is 0.218. The summed E-state index contributed by atoms with van der Waals surface area (Å²) in [5, 5.41) is -0.0118. The Bertz CT molecular complexity index is 450. The molecule has 0 aromatic heterocycles. The molecule has 5 heteroatoms. The molecule has 0 fully saturated rings. The topological polar surface area (TPSA) is 61.5 Å². The Balaban J connectivity index is 2.14. The zero-order valence-electron chi connectivity index (χ0n) is 10.7. The van der Waals surface area contributed by atoms with E-state index in [2.05, 4.69) is 0 Å². The number of hydrogen-bond donors (Lipinski definition) is 1. The van der Waals surface area contributed by atoms with Crippen molar-refractivity contribution in [2.45, 2.75) is 17.7 Å². The van der Waals surface area contributed by atoms with Gasteiger partial charge in [-0.25, -0.2) is 0 Å². The van der Waals surface area contributed by atoms with E-state index in [1.165, 1.54) is 5.56 Å². The van der Waals surface area contributed by atoms with Crippen molar-refractivity contribution in [2.24, 2.45) is 5.73 Å². The average molecular weight is 269 g/mol. The molecule has 3 atom stereocenters. The average Bonchev–Trinajstić information content (AvgIpc) is 2.73. The molecule has 4 nitrogen and oxygen atoms in total. The van der Waals surface area contributed by atoms with Crippen molar-refractivity contribution in [1.82, 2.24) is 0 Å². The van der Waals surface area contributed by atoms with Gasteiger partial charge in [0.05, 0.1) is 19.0 Å². The maximum absolute atomic E-state index is 12.2. The first-order valence-corrected chi connectivity index (χ1v) is 7.34. The zero-order chi connectivity index (χ0) is 13.1. The molecular weight excluding hydrogens is 250 g/mol. The first-order valence-electron chi connectivity index (χ1n) is 5.96. The molecule has 0 radical (unpaired) electrons. The number of methoxy groups -OCH3 is 2. The summed E-state index contributed by atoms with van der Waals surface area (Å²) >= 11 is 0. The van der Waals surface area contributed by atoms with Gasteiger partial charge < -0.3 is 15.2 Å². The number of fused-ring (bicyclic) bond motifs is 1. The minimum Gasteiger partial charge on any atom is -0.497 e. The maximum Gasteiger partial charge on any atom is 0.119 e. The summed E-state index contributed by atoms with van der Waals surface area (Å²) < 4.78 is 22.3. The van der Waals surface area contributed by atoms with Crippen LogP contribution in [0.5, 0.6) is 5.75 Å². The van der Waals surface area contributed by atoms with E-state index >= 15 is 0 Å². The largest absolute Gasteiger partial charge is 0.497 e. The quantitative estimate of drug-likeness (QED) is 0.867. The molecule has 1 aliphatic rings. The van der Waals surface area contributed by atoms with Crippen LogP contribution in [0.2, 0.25) is 0 Å². The molecule has 0 spiro atoms. The fourth-order valence-corrected chi connectivity index (χ4v) is 3.79. The molecule has 0 aliphatic heterocycles. The van der Waals surface area contributed by atoms with Crippen LogP contribution in [-0.4, -0.2) is 36.0 Å². The summed E-state index contributed by atoms with van der Waals surface area (Å²) in [4.78, 5) is 0. The lowest BCUT2D eigenvalue weighted by atomic mass is 10.1. The minimum atomic E-state index is -0.951. The molecular formula is C13H19NO3S. The van der Waals surface area contributed by atoms with Crippen LogP contribution in [0, 0.1) is 0 Å². The van der Waals surface area contributed by atoms with Crippen LogP contribution in [0.3, 0.4) is 0 Å². The summed E-state index contributed by atoms with van der Waals surface area (Å²) in [6.07, 6.45) is 0.775. The van der Waals surface area contributed by atoms with E-state index in [9.17, 15) is 4.21 Å². The van der Waals surface area contributed by atoms with E-state index in [-0.39, 0.29) is 11.3 Å². The third-order valence-corrected chi connectivity index (χ3v) is 5.06. The van der Waals surface area contributed by atoms with Gasteiger partial charge >= 0.3 is 0 Å². The summed E-state index contributed by atoms with van der Waals surface area (Å²) in [7, 11) is 2.30. The molecule has 0 heterocycles. The van der Waals surface area contributed by atoms with Gasteiger partial charge in [0.2, 0.25) is 0 Å². The first kappa shape index (κ1) is 13.5. The smallest absolute Gasteiger partial charge is 0.119 e. The Kier molecular flexibility index (Phi) is 4.37. The van der Waals surface area contributed by atoms with Gasteiger partial charge in [0, 0.05) is 29.7 Å². The Labute approximate surface area is 110 Å². The van der Waals surface area contributed by atoms with Gasteiger partial charge in [-0.2, -0.15) is 0 Å². The van der Waals surface area contributed by atoms with Crippen LogP contribution in [0.15, 0.2) is 18.2 Å². The first-order chi connectivity index (χ1) is 8.67. The molecule has 1 aromatic carbocycles.